The minimum Gasteiger partial charge on any atom is -0.493 e. The Kier molecular flexibility index (Phi) is 7.12. The number of ketones is 1. The Bertz CT molecular complexity index is 1210. The van der Waals surface area contributed by atoms with Gasteiger partial charge in [0.2, 0.25) is 0 Å². The number of nitrogens with one attached hydrogen (secondary N) is 1. The summed E-state index contributed by atoms with van der Waals surface area (Å²) in [5.74, 6) is 0.403. The minimum absolute atomic E-state index is 0.0588. The molecule has 36 heavy (non-hydrogen) atoms. The molecule has 1 fully saturated rings. The smallest absolute Gasteiger partial charge is 0.337 e. The third kappa shape index (κ3) is 4.90. The standard InChI is InChI=1S/C30H33NO5/c1-19-27(30(33)36-22-11-6-7-12-22)28(29-23(31-19)13-8-14-24(29)32)21-15-16-25(34-2)26(17-21)35-18-20-9-4-3-5-10-20/h3-5,9-10,15-17,22,28,31H,6-8,11-14,18H2,1-2H3/t28-/m1/s1. The van der Waals surface area contributed by atoms with Crippen molar-refractivity contribution in [1.29, 1.82) is 0 Å². The number of rotatable bonds is 7. The number of benzene rings is 2. The molecule has 188 valence electrons. The molecule has 1 heterocycles. The highest BCUT2D eigenvalue weighted by molar-refractivity contribution is 6.03. The fourth-order valence-corrected chi connectivity index (χ4v) is 5.53. The molecule has 1 atom stereocenters. The van der Waals surface area contributed by atoms with Crippen molar-refractivity contribution in [3.8, 4) is 11.5 Å². The molecular weight excluding hydrogens is 454 g/mol. The zero-order valence-corrected chi connectivity index (χ0v) is 21.0. The molecule has 5 rings (SSSR count). The largest absolute Gasteiger partial charge is 0.493 e. The summed E-state index contributed by atoms with van der Waals surface area (Å²) in [6.45, 7) is 2.28. The zero-order chi connectivity index (χ0) is 25.1. The van der Waals surface area contributed by atoms with Crippen molar-refractivity contribution in [2.45, 2.75) is 70.5 Å². The summed E-state index contributed by atoms with van der Waals surface area (Å²) in [5.41, 5.74) is 4.70. The molecule has 0 bridgehead atoms. The maximum atomic E-state index is 13.5. The van der Waals surface area contributed by atoms with Gasteiger partial charge in [-0.2, -0.15) is 0 Å². The average molecular weight is 488 g/mol. The number of hydrogen-bond acceptors (Lipinski definition) is 6. The van der Waals surface area contributed by atoms with Crippen LogP contribution in [0.25, 0.3) is 0 Å². The topological polar surface area (TPSA) is 73.9 Å². The van der Waals surface area contributed by atoms with Crippen molar-refractivity contribution >= 4 is 11.8 Å². The lowest BCUT2D eigenvalue weighted by atomic mass is 9.75. The van der Waals surface area contributed by atoms with Crippen molar-refractivity contribution < 1.29 is 23.8 Å². The lowest BCUT2D eigenvalue weighted by molar-refractivity contribution is -0.144. The van der Waals surface area contributed by atoms with Crippen LogP contribution in [0.5, 0.6) is 11.5 Å². The zero-order valence-electron chi connectivity index (χ0n) is 21.0. The van der Waals surface area contributed by atoms with E-state index in [4.69, 9.17) is 14.2 Å². The number of esters is 1. The van der Waals surface area contributed by atoms with Gasteiger partial charge in [-0.15, -0.1) is 0 Å². The van der Waals surface area contributed by atoms with Crippen LogP contribution in [0.2, 0.25) is 0 Å². The first-order valence-electron chi connectivity index (χ1n) is 12.8. The Labute approximate surface area is 212 Å². The van der Waals surface area contributed by atoms with Crippen LogP contribution >= 0.6 is 0 Å². The van der Waals surface area contributed by atoms with E-state index in [0.29, 0.717) is 35.7 Å². The van der Waals surface area contributed by atoms with E-state index in [1.54, 1.807) is 7.11 Å². The van der Waals surface area contributed by atoms with E-state index in [1.165, 1.54) is 0 Å². The van der Waals surface area contributed by atoms with Crippen LogP contribution in [-0.2, 0) is 20.9 Å². The number of methoxy groups -OCH3 is 1. The number of Topliss-reactive ketones (excluding diaryl/α,β-unsaturated/α-hetero) is 1. The Morgan fingerprint density at radius 1 is 1.00 bits per heavy atom. The van der Waals surface area contributed by atoms with E-state index in [0.717, 1.165) is 61.0 Å². The molecule has 2 aromatic rings. The number of ether oxygens (including phenoxy) is 3. The molecule has 1 aliphatic heterocycles. The third-order valence-corrected chi connectivity index (χ3v) is 7.33. The molecule has 0 saturated heterocycles. The lowest BCUT2D eigenvalue weighted by Crippen LogP contribution is -2.35. The van der Waals surface area contributed by atoms with E-state index < -0.39 is 5.92 Å². The molecule has 1 N–H and O–H groups in total. The Morgan fingerprint density at radius 2 is 1.78 bits per heavy atom. The minimum atomic E-state index is -0.507. The predicted molar refractivity (Wildman–Crippen MR) is 137 cm³/mol. The van der Waals surface area contributed by atoms with Crippen molar-refractivity contribution in [1.82, 2.24) is 5.32 Å². The van der Waals surface area contributed by atoms with Crippen LogP contribution in [0.1, 0.15) is 68.9 Å². The molecule has 2 aliphatic carbocycles. The van der Waals surface area contributed by atoms with Crippen LogP contribution in [0.4, 0.5) is 0 Å². The summed E-state index contributed by atoms with van der Waals surface area (Å²) in [5, 5.41) is 3.37. The van der Waals surface area contributed by atoms with Gasteiger partial charge < -0.3 is 19.5 Å². The highest BCUT2D eigenvalue weighted by Crippen LogP contribution is 2.45. The summed E-state index contributed by atoms with van der Waals surface area (Å²) < 4.78 is 17.7. The maximum Gasteiger partial charge on any atom is 0.337 e. The van der Waals surface area contributed by atoms with Gasteiger partial charge >= 0.3 is 5.97 Å². The van der Waals surface area contributed by atoms with E-state index in [2.05, 4.69) is 5.32 Å². The highest BCUT2D eigenvalue weighted by Gasteiger charge is 2.40. The first-order valence-corrected chi connectivity index (χ1v) is 12.8. The first kappa shape index (κ1) is 24.2. The SMILES string of the molecule is COc1ccc([C@@H]2C(C(=O)OC3CCCC3)=C(C)NC3=C2C(=O)CCC3)cc1OCc1ccccc1. The molecule has 0 amide bonds. The van der Waals surface area contributed by atoms with Gasteiger partial charge in [-0.05, 0) is 68.7 Å². The number of dihydropyridines is 1. The Balaban J connectivity index is 1.53. The van der Waals surface area contributed by atoms with Crippen LogP contribution in [0, 0.1) is 0 Å². The van der Waals surface area contributed by atoms with E-state index in [-0.39, 0.29) is 17.9 Å². The van der Waals surface area contributed by atoms with Gasteiger partial charge in [0.25, 0.3) is 0 Å². The van der Waals surface area contributed by atoms with Gasteiger partial charge in [0.05, 0.1) is 12.7 Å². The summed E-state index contributed by atoms with van der Waals surface area (Å²) >= 11 is 0. The Morgan fingerprint density at radius 3 is 2.53 bits per heavy atom. The lowest BCUT2D eigenvalue weighted by Gasteiger charge is -2.34. The fourth-order valence-electron chi connectivity index (χ4n) is 5.53. The number of hydrogen-bond donors (Lipinski definition) is 1. The number of carbonyl (C=O) groups excluding carboxylic acids is 2. The highest BCUT2D eigenvalue weighted by atomic mass is 16.5. The average Bonchev–Trinajstić information content (AvgIpc) is 3.40. The maximum absolute atomic E-state index is 13.5. The summed E-state index contributed by atoms with van der Waals surface area (Å²) in [4.78, 5) is 26.8. The van der Waals surface area contributed by atoms with E-state index in [1.807, 2.05) is 55.5 Å². The molecule has 6 nitrogen and oxygen atoms in total. The molecule has 3 aliphatic rings. The normalized spacial score (nSPS) is 20.2. The van der Waals surface area contributed by atoms with Crippen LogP contribution < -0.4 is 14.8 Å². The van der Waals surface area contributed by atoms with E-state index in [9.17, 15) is 9.59 Å². The number of allylic oxidation sites excluding steroid dienone is 3. The molecule has 6 heteroatoms. The molecule has 0 unspecified atom stereocenters. The van der Waals surface area contributed by atoms with Crippen molar-refractivity contribution in [2.24, 2.45) is 0 Å². The van der Waals surface area contributed by atoms with Gasteiger partial charge in [0, 0.05) is 29.3 Å². The molecule has 1 saturated carbocycles. The van der Waals surface area contributed by atoms with Crippen LogP contribution in [-0.4, -0.2) is 25.0 Å². The molecule has 0 radical (unpaired) electrons. The fraction of sp³-hybridized carbons (Fsp3) is 0.400. The van der Waals surface area contributed by atoms with Crippen LogP contribution in [0.3, 0.4) is 0 Å². The van der Waals surface area contributed by atoms with Gasteiger partial charge in [0.1, 0.15) is 12.7 Å². The molecule has 2 aromatic carbocycles. The third-order valence-electron chi connectivity index (χ3n) is 7.33. The summed E-state index contributed by atoms with van der Waals surface area (Å²) in [6, 6.07) is 15.6. The molecular formula is C30H33NO5. The van der Waals surface area contributed by atoms with Gasteiger partial charge in [-0.25, -0.2) is 4.79 Å². The van der Waals surface area contributed by atoms with Crippen molar-refractivity contribution in [3.05, 3.63) is 82.2 Å². The predicted octanol–water partition coefficient (Wildman–Crippen LogP) is 5.73. The first-order chi connectivity index (χ1) is 17.5. The monoisotopic (exact) mass is 487 g/mol. The van der Waals surface area contributed by atoms with Gasteiger partial charge in [-0.3, -0.25) is 4.79 Å². The molecule has 0 spiro atoms. The second-order valence-electron chi connectivity index (χ2n) is 9.76. The second-order valence-corrected chi connectivity index (χ2v) is 9.76. The van der Waals surface area contributed by atoms with Crippen molar-refractivity contribution in [2.75, 3.05) is 7.11 Å². The van der Waals surface area contributed by atoms with Crippen LogP contribution in [0.15, 0.2) is 71.1 Å². The van der Waals surface area contributed by atoms with Gasteiger partial charge in [0.15, 0.2) is 17.3 Å². The van der Waals surface area contributed by atoms with Crippen molar-refractivity contribution in [3.63, 3.8) is 0 Å². The Hall–Kier alpha value is -3.54. The number of carbonyl (C=O) groups is 2. The summed E-state index contributed by atoms with van der Waals surface area (Å²) in [6.07, 6.45) is 5.95. The van der Waals surface area contributed by atoms with E-state index >= 15 is 0 Å². The van der Waals surface area contributed by atoms with Gasteiger partial charge in [-0.1, -0.05) is 36.4 Å². The second kappa shape index (κ2) is 10.6. The summed E-state index contributed by atoms with van der Waals surface area (Å²) in [7, 11) is 1.61. The quantitative estimate of drug-likeness (QED) is 0.503. The molecule has 0 aromatic heterocycles.